The van der Waals surface area contributed by atoms with Crippen molar-refractivity contribution in [1.82, 2.24) is 14.8 Å². The van der Waals surface area contributed by atoms with Crippen molar-refractivity contribution in [3.05, 3.63) is 34.7 Å². The lowest BCUT2D eigenvalue weighted by Gasteiger charge is -2.14. The molecule has 0 saturated heterocycles. The molecule has 20 heavy (non-hydrogen) atoms. The highest BCUT2D eigenvalue weighted by molar-refractivity contribution is 6.30. The molecule has 1 N–H and O–H groups in total. The fourth-order valence-electron chi connectivity index (χ4n) is 1.90. The molecule has 0 aliphatic carbocycles. The van der Waals surface area contributed by atoms with Crippen molar-refractivity contribution in [2.75, 3.05) is 5.32 Å². The SMILES string of the molecule is Cc1nn(C)c(Cl)c1CNc1cccnc1OC(C)C. The first-order chi connectivity index (χ1) is 9.49. The summed E-state index contributed by atoms with van der Waals surface area (Å²) in [6, 6.07) is 3.80. The first-order valence-corrected chi connectivity index (χ1v) is 6.90. The standard InChI is InChI=1S/C14H19ClN4O/c1-9(2)20-14-12(6-5-7-16-14)17-8-11-10(3)18-19(4)13(11)15/h5-7,9,17H,8H2,1-4H3. The molecule has 0 spiro atoms. The van der Waals surface area contributed by atoms with Crippen molar-refractivity contribution in [2.24, 2.45) is 7.05 Å². The molecule has 0 radical (unpaired) electrons. The third-order valence-corrected chi connectivity index (χ3v) is 3.32. The van der Waals surface area contributed by atoms with Gasteiger partial charge in [-0.3, -0.25) is 4.68 Å². The van der Waals surface area contributed by atoms with E-state index in [1.54, 1.807) is 10.9 Å². The zero-order valence-corrected chi connectivity index (χ0v) is 12.9. The smallest absolute Gasteiger partial charge is 0.237 e. The molecule has 0 bridgehead atoms. The first-order valence-electron chi connectivity index (χ1n) is 6.52. The maximum atomic E-state index is 6.22. The molecule has 0 aromatic carbocycles. The van der Waals surface area contributed by atoms with E-state index in [1.807, 2.05) is 40.0 Å². The van der Waals surface area contributed by atoms with Crippen LogP contribution in [0.3, 0.4) is 0 Å². The van der Waals surface area contributed by atoms with Gasteiger partial charge >= 0.3 is 0 Å². The molecule has 0 amide bonds. The third kappa shape index (κ3) is 3.22. The second kappa shape index (κ2) is 6.13. The van der Waals surface area contributed by atoms with Gasteiger partial charge in [0.25, 0.3) is 0 Å². The van der Waals surface area contributed by atoms with E-state index in [1.165, 1.54) is 0 Å². The maximum absolute atomic E-state index is 6.22. The van der Waals surface area contributed by atoms with Crippen molar-refractivity contribution < 1.29 is 4.74 Å². The van der Waals surface area contributed by atoms with Gasteiger partial charge in [-0.25, -0.2) is 4.98 Å². The van der Waals surface area contributed by atoms with Crippen LogP contribution in [0.1, 0.15) is 25.1 Å². The van der Waals surface area contributed by atoms with E-state index in [9.17, 15) is 0 Å². The number of aryl methyl sites for hydroxylation is 2. The van der Waals surface area contributed by atoms with Crippen molar-refractivity contribution in [3.63, 3.8) is 0 Å². The Labute approximate surface area is 123 Å². The van der Waals surface area contributed by atoms with Gasteiger partial charge in [0, 0.05) is 25.4 Å². The molecule has 0 fully saturated rings. The van der Waals surface area contributed by atoms with E-state index in [2.05, 4.69) is 15.4 Å². The Balaban J connectivity index is 2.15. The van der Waals surface area contributed by atoms with Crippen LogP contribution in [0.25, 0.3) is 0 Å². The average molecular weight is 295 g/mol. The van der Waals surface area contributed by atoms with Gasteiger partial charge in [0.1, 0.15) is 5.15 Å². The summed E-state index contributed by atoms with van der Waals surface area (Å²) < 4.78 is 7.34. The van der Waals surface area contributed by atoms with Gasteiger partial charge in [0.05, 0.1) is 17.5 Å². The summed E-state index contributed by atoms with van der Waals surface area (Å²) in [5, 5.41) is 8.24. The Morgan fingerprint density at radius 3 is 2.80 bits per heavy atom. The summed E-state index contributed by atoms with van der Waals surface area (Å²) in [5.74, 6) is 0.597. The number of rotatable bonds is 5. The van der Waals surface area contributed by atoms with E-state index in [4.69, 9.17) is 16.3 Å². The Bertz CT molecular complexity index is 595. The summed E-state index contributed by atoms with van der Waals surface area (Å²) in [5.41, 5.74) is 2.74. The molecule has 0 unspecified atom stereocenters. The number of pyridine rings is 1. The van der Waals surface area contributed by atoms with Crippen molar-refractivity contribution in [1.29, 1.82) is 0 Å². The molecule has 0 aliphatic rings. The second-order valence-corrected chi connectivity index (χ2v) is 5.21. The molecule has 0 aliphatic heterocycles. The van der Waals surface area contributed by atoms with Crippen LogP contribution >= 0.6 is 11.6 Å². The predicted molar refractivity (Wildman–Crippen MR) is 80.3 cm³/mol. The van der Waals surface area contributed by atoms with Gasteiger partial charge in [-0.05, 0) is 32.9 Å². The molecule has 5 nitrogen and oxygen atoms in total. The Morgan fingerprint density at radius 2 is 2.20 bits per heavy atom. The van der Waals surface area contributed by atoms with Gasteiger partial charge in [0.15, 0.2) is 0 Å². The van der Waals surface area contributed by atoms with Crippen molar-refractivity contribution in [3.8, 4) is 5.88 Å². The predicted octanol–water partition coefficient (Wildman–Crippen LogP) is 3.18. The van der Waals surface area contributed by atoms with Crippen LogP contribution in [-0.4, -0.2) is 20.9 Å². The molecule has 0 saturated carbocycles. The quantitative estimate of drug-likeness (QED) is 0.920. The highest BCUT2D eigenvalue weighted by Crippen LogP contribution is 2.25. The molecule has 2 rings (SSSR count). The monoisotopic (exact) mass is 294 g/mol. The van der Waals surface area contributed by atoms with Crippen LogP contribution in [0.5, 0.6) is 5.88 Å². The number of hydrogen-bond donors (Lipinski definition) is 1. The summed E-state index contributed by atoms with van der Waals surface area (Å²) in [6.07, 6.45) is 1.79. The minimum atomic E-state index is 0.0779. The molecule has 2 heterocycles. The van der Waals surface area contributed by atoms with Crippen LogP contribution in [-0.2, 0) is 13.6 Å². The van der Waals surface area contributed by atoms with E-state index in [0.717, 1.165) is 16.9 Å². The van der Waals surface area contributed by atoms with Crippen molar-refractivity contribution >= 4 is 17.3 Å². The van der Waals surface area contributed by atoms with E-state index in [-0.39, 0.29) is 6.10 Å². The molecule has 6 heteroatoms. The van der Waals surface area contributed by atoms with E-state index >= 15 is 0 Å². The number of ether oxygens (including phenoxy) is 1. The van der Waals surface area contributed by atoms with Crippen LogP contribution < -0.4 is 10.1 Å². The van der Waals surface area contributed by atoms with E-state index in [0.29, 0.717) is 17.6 Å². The molecule has 2 aromatic heterocycles. The third-order valence-electron chi connectivity index (χ3n) is 2.84. The average Bonchev–Trinajstić information content (AvgIpc) is 2.62. The summed E-state index contributed by atoms with van der Waals surface area (Å²) in [6.45, 7) is 6.47. The highest BCUT2D eigenvalue weighted by Gasteiger charge is 2.12. The molecular formula is C14H19ClN4O. The zero-order valence-electron chi connectivity index (χ0n) is 12.1. The minimum absolute atomic E-state index is 0.0779. The molecule has 2 aromatic rings. The fourth-order valence-corrected chi connectivity index (χ4v) is 2.14. The molecule has 0 atom stereocenters. The Kier molecular flexibility index (Phi) is 4.49. The molecule has 108 valence electrons. The number of hydrogen-bond acceptors (Lipinski definition) is 4. The molecular weight excluding hydrogens is 276 g/mol. The van der Waals surface area contributed by atoms with Crippen LogP contribution in [0, 0.1) is 6.92 Å². The first kappa shape index (κ1) is 14.7. The van der Waals surface area contributed by atoms with Crippen molar-refractivity contribution in [2.45, 2.75) is 33.4 Å². The summed E-state index contributed by atoms with van der Waals surface area (Å²) in [4.78, 5) is 4.24. The Hall–Kier alpha value is -1.75. The lowest BCUT2D eigenvalue weighted by Crippen LogP contribution is -2.10. The fraction of sp³-hybridized carbons (Fsp3) is 0.429. The largest absolute Gasteiger partial charge is 0.473 e. The van der Waals surface area contributed by atoms with Crippen LogP contribution in [0.4, 0.5) is 5.69 Å². The van der Waals surface area contributed by atoms with Gasteiger partial charge in [-0.1, -0.05) is 11.6 Å². The number of nitrogens with zero attached hydrogens (tertiary/aromatic N) is 3. The maximum Gasteiger partial charge on any atom is 0.237 e. The van der Waals surface area contributed by atoms with Gasteiger partial charge in [0.2, 0.25) is 5.88 Å². The van der Waals surface area contributed by atoms with Gasteiger partial charge in [-0.2, -0.15) is 5.10 Å². The number of nitrogens with one attached hydrogen (secondary N) is 1. The summed E-state index contributed by atoms with van der Waals surface area (Å²) in [7, 11) is 1.83. The van der Waals surface area contributed by atoms with Gasteiger partial charge < -0.3 is 10.1 Å². The van der Waals surface area contributed by atoms with Gasteiger partial charge in [-0.15, -0.1) is 0 Å². The highest BCUT2D eigenvalue weighted by atomic mass is 35.5. The van der Waals surface area contributed by atoms with Crippen LogP contribution in [0.15, 0.2) is 18.3 Å². The number of anilines is 1. The lowest BCUT2D eigenvalue weighted by atomic mass is 10.2. The number of halogens is 1. The topological polar surface area (TPSA) is 52.0 Å². The second-order valence-electron chi connectivity index (χ2n) is 4.85. The lowest BCUT2D eigenvalue weighted by molar-refractivity contribution is 0.234. The Morgan fingerprint density at radius 1 is 1.45 bits per heavy atom. The number of aromatic nitrogens is 3. The van der Waals surface area contributed by atoms with Crippen LogP contribution in [0.2, 0.25) is 5.15 Å². The zero-order chi connectivity index (χ0) is 14.7. The van der Waals surface area contributed by atoms with E-state index < -0.39 is 0 Å². The minimum Gasteiger partial charge on any atom is -0.473 e. The normalized spacial score (nSPS) is 10.9. The summed E-state index contributed by atoms with van der Waals surface area (Å²) >= 11 is 6.22.